The van der Waals surface area contributed by atoms with Gasteiger partial charge in [0, 0.05) is 17.6 Å². The van der Waals surface area contributed by atoms with E-state index in [1.165, 1.54) is 0 Å². The summed E-state index contributed by atoms with van der Waals surface area (Å²) in [6, 6.07) is 0. The third kappa shape index (κ3) is 9.84. The maximum absolute atomic E-state index is 5.56. The van der Waals surface area contributed by atoms with Crippen molar-refractivity contribution in [3.63, 3.8) is 0 Å². The molecule has 3 heteroatoms. The van der Waals surface area contributed by atoms with Crippen LogP contribution in [0.15, 0.2) is 0 Å². The molecule has 0 aromatic heterocycles. The van der Waals surface area contributed by atoms with E-state index in [4.69, 9.17) is 9.31 Å². The van der Waals surface area contributed by atoms with Crippen LogP contribution < -0.4 is 0 Å². The van der Waals surface area contributed by atoms with Crippen molar-refractivity contribution in [2.75, 3.05) is 0 Å². The fourth-order valence-electron chi connectivity index (χ4n) is 0.870. The first-order chi connectivity index (χ1) is 6.70. The highest BCUT2D eigenvalue weighted by Gasteiger charge is 2.19. The lowest BCUT2D eigenvalue weighted by Gasteiger charge is -2.16. The molecular formula is C12H23BO2. The predicted octanol–water partition coefficient (Wildman–Crippen LogP) is 2.91. The maximum atomic E-state index is 5.56. The van der Waals surface area contributed by atoms with Gasteiger partial charge in [-0.1, -0.05) is 5.82 Å². The third-order valence-corrected chi connectivity index (χ3v) is 1.36. The molecule has 0 rings (SSSR count). The summed E-state index contributed by atoms with van der Waals surface area (Å²) in [5.41, 5.74) is -0.0150. The van der Waals surface area contributed by atoms with Gasteiger partial charge in [0.05, 0.1) is 0 Å². The van der Waals surface area contributed by atoms with E-state index >= 15 is 0 Å². The van der Waals surface area contributed by atoms with Gasteiger partial charge in [0.2, 0.25) is 0 Å². The zero-order valence-electron chi connectivity index (χ0n) is 11.0. The molecule has 0 atom stereocenters. The fraction of sp³-hybridized carbons (Fsp3) is 0.833. The van der Waals surface area contributed by atoms with Gasteiger partial charge in [0.15, 0.2) is 0 Å². The lowest BCUT2D eigenvalue weighted by Crippen LogP contribution is -2.28. The summed E-state index contributed by atoms with van der Waals surface area (Å²) < 4.78 is 11.1. The van der Waals surface area contributed by atoms with Gasteiger partial charge in [0.1, 0.15) is 0 Å². The summed E-state index contributed by atoms with van der Waals surface area (Å²) in [6.07, 6.45) is 0.256. The molecule has 0 heterocycles. The average molecular weight is 210 g/mol. The van der Waals surface area contributed by atoms with Crippen molar-refractivity contribution < 1.29 is 9.31 Å². The second-order valence-corrected chi connectivity index (χ2v) is 5.22. The van der Waals surface area contributed by atoms with Crippen molar-refractivity contribution in [3.05, 3.63) is 0 Å². The number of hydrogen-bond acceptors (Lipinski definition) is 2. The monoisotopic (exact) mass is 210 g/mol. The van der Waals surface area contributed by atoms with Crippen LogP contribution in [0.1, 0.15) is 48.5 Å². The predicted molar refractivity (Wildman–Crippen MR) is 65.4 cm³/mol. The molecule has 0 aromatic carbocycles. The lowest BCUT2D eigenvalue weighted by atomic mass is 9.86. The smallest absolute Gasteiger partial charge is 0.398 e. The minimum Gasteiger partial charge on any atom is -0.398 e. The van der Waals surface area contributed by atoms with Gasteiger partial charge >= 0.3 is 7.12 Å². The number of rotatable bonds is 4. The quantitative estimate of drug-likeness (QED) is 0.524. The zero-order chi connectivity index (χ0) is 12.1. The van der Waals surface area contributed by atoms with Crippen molar-refractivity contribution >= 4 is 7.12 Å². The van der Waals surface area contributed by atoms with E-state index < -0.39 is 7.12 Å². The highest BCUT2D eigenvalue weighted by Crippen LogP contribution is 2.10. The molecule has 15 heavy (non-hydrogen) atoms. The van der Waals surface area contributed by atoms with Gasteiger partial charge in [-0.25, -0.2) is 0 Å². The molecule has 86 valence electrons. The standard InChI is InChI=1S/C12H23BO2/c1-10(2)14-13(15-11(3)4)9-8-12(5,6)7/h10-11H,1-7H3. The van der Waals surface area contributed by atoms with Crippen LogP contribution in [0, 0.1) is 17.2 Å². The van der Waals surface area contributed by atoms with E-state index in [9.17, 15) is 0 Å². The van der Waals surface area contributed by atoms with Gasteiger partial charge in [-0.15, -0.1) is 5.92 Å². The van der Waals surface area contributed by atoms with E-state index in [1.54, 1.807) is 0 Å². The minimum atomic E-state index is -0.413. The molecule has 0 aliphatic rings. The molecule has 0 unspecified atom stereocenters. The molecule has 0 radical (unpaired) electrons. The van der Waals surface area contributed by atoms with Gasteiger partial charge in [-0.2, -0.15) is 0 Å². The van der Waals surface area contributed by atoms with Gasteiger partial charge in [-0.05, 0) is 48.5 Å². The second-order valence-electron chi connectivity index (χ2n) is 5.22. The molecule has 0 aliphatic heterocycles. The van der Waals surface area contributed by atoms with Gasteiger partial charge < -0.3 is 9.31 Å². The molecule has 0 saturated carbocycles. The Morgan fingerprint density at radius 1 is 0.933 bits per heavy atom. The lowest BCUT2D eigenvalue weighted by molar-refractivity contribution is 0.140. The third-order valence-electron chi connectivity index (χ3n) is 1.36. The van der Waals surface area contributed by atoms with Crippen molar-refractivity contribution in [3.8, 4) is 11.7 Å². The van der Waals surface area contributed by atoms with Crippen LogP contribution >= 0.6 is 0 Å². The Hall–Kier alpha value is -0.455. The van der Waals surface area contributed by atoms with Gasteiger partial charge in [-0.3, -0.25) is 0 Å². The van der Waals surface area contributed by atoms with Crippen molar-refractivity contribution in [1.82, 2.24) is 0 Å². The zero-order valence-corrected chi connectivity index (χ0v) is 11.0. The highest BCUT2D eigenvalue weighted by atomic mass is 16.6. The van der Waals surface area contributed by atoms with E-state index in [-0.39, 0.29) is 17.6 Å². The van der Waals surface area contributed by atoms with Crippen LogP contribution in [0.4, 0.5) is 0 Å². The van der Waals surface area contributed by atoms with E-state index in [0.717, 1.165) is 0 Å². The molecule has 0 bridgehead atoms. The van der Waals surface area contributed by atoms with Crippen LogP contribution in [0.3, 0.4) is 0 Å². The summed E-state index contributed by atoms with van der Waals surface area (Å²) in [5.74, 6) is 6.16. The Bertz CT molecular complexity index is 220. The first-order valence-electron chi connectivity index (χ1n) is 5.54. The molecule has 2 nitrogen and oxygen atoms in total. The highest BCUT2D eigenvalue weighted by molar-refractivity contribution is 6.54. The van der Waals surface area contributed by atoms with E-state index in [2.05, 4.69) is 32.5 Å². The largest absolute Gasteiger partial charge is 0.550 e. The van der Waals surface area contributed by atoms with Crippen LogP contribution in [0.5, 0.6) is 0 Å². The normalized spacial score (nSPS) is 11.5. The Kier molecular flexibility index (Phi) is 6.01. The molecular weight excluding hydrogens is 187 g/mol. The van der Waals surface area contributed by atoms with Gasteiger partial charge in [0.25, 0.3) is 0 Å². The van der Waals surface area contributed by atoms with E-state index in [1.807, 2.05) is 27.7 Å². The first kappa shape index (κ1) is 14.5. The Labute approximate surface area is 94.9 Å². The molecule has 0 aromatic rings. The van der Waals surface area contributed by atoms with Crippen molar-refractivity contribution in [1.29, 1.82) is 0 Å². The average Bonchev–Trinajstić information content (AvgIpc) is 1.96. The summed E-state index contributed by atoms with van der Waals surface area (Å²) in [6.45, 7) is 14.1. The van der Waals surface area contributed by atoms with Crippen LogP contribution in [0.2, 0.25) is 0 Å². The summed E-state index contributed by atoms with van der Waals surface area (Å²) in [4.78, 5) is 0. The summed E-state index contributed by atoms with van der Waals surface area (Å²) in [7, 11) is -0.413. The first-order valence-corrected chi connectivity index (χ1v) is 5.54. The number of hydrogen-bond donors (Lipinski definition) is 0. The second kappa shape index (κ2) is 6.20. The molecule has 0 saturated heterocycles. The molecule has 0 aliphatic carbocycles. The molecule has 0 amide bonds. The molecule has 0 N–H and O–H groups in total. The maximum Gasteiger partial charge on any atom is 0.550 e. The Morgan fingerprint density at radius 3 is 1.60 bits per heavy atom. The minimum absolute atomic E-state index is 0.0150. The molecule has 0 spiro atoms. The Balaban J connectivity index is 4.41. The summed E-state index contributed by atoms with van der Waals surface area (Å²) in [5, 5.41) is 0. The van der Waals surface area contributed by atoms with Crippen LogP contribution in [-0.2, 0) is 9.31 Å². The van der Waals surface area contributed by atoms with Crippen molar-refractivity contribution in [2.45, 2.75) is 60.7 Å². The van der Waals surface area contributed by atoms with Crippen LogP contribution in [-0.4, -0.2) is 19.3 Å². The van der Waals surface area contributed by atoms with Crippen molar-refractivity contribution in [2.24, 2.45) is 5.41 Å². The summed E-state index contributed by atoms with van der Waals surface area (Å²) >= 11 is 0. The van der Waals surface area contributed by atoms with E-state index in [0.29, 0.717) is 0 Å². The van der Waals surface area contributed by atoms with Crippen LogP contribution in [0.25, 0.3) is 0 Å². The fourth-order valence-corrected chi connectivity index (χ4v) is 0.870. The Morgan fingerprint density at radius 2 is 1.33 bits per heavy atom. The topological polar surface area (TPSA) is 18.5 Å². The SMILES string of the molecule is CC(C)OB(C#CC(C)(C)C)OC(C)C. The molecule has 0 fully saturated rings.